The van der Waals surface area contributed by atoms with Crippen molar-refractivity contribution in [1.29, 1.82) is 0 Å². The van der Waals surface area contributed by atoms with Gasteiger partial charge in [0.25, 0.3) is 11.6 Å². The maximum absolute atomic E-state index is 10.2. The molecule has 110 valence electrons. The quantitative estimate of drug-likeness (QED) is 0.493. The van der Waals surface area contributed by atoms with E-state index in [1.54, 1.807) is 13.0 Å². The van der Waals surface area contributed by atoms with E-state index in [1.807, 2.05) is 6.92 Å². The summed E-state index contributed by atoms with van der Waals surface area (Å²) >= 11 is 0. The predicted molar refractivity (Wildman–Crippen MR) is 81.5 cm³/mol. The summed E-state index contributed by atoms with van der Waals surface area (Å²) in [6.45, 7) is 16.8. The lowest BCUT2D eigenvalue weighted by atomic mass is 10.3. The highest BCUT2D eigenvalue weighted by Crippen LogP contribution is 2.19. The third-order valence-corrected chi connectivity index (χ3v) is 2.53. The Labute approximate surface area is 127 Å². The molecule has 0 radical (unpaired) electrons. The fourth-order valence-corrected chi connectivity index (χ4v) is 1.48. The molecule has 2 heterocycles. The fourth-order valence-electron chi connectivity index (χ4n) is 1.48. The lowest BCUT2D eigenvalue weighted by molar-refractivity contribution is -0.385. The van der Waals surface area contributed by atoms with Gasteiger partial charge in [0.15, 0.2) is 6.20 Å². The maximum atomic E-state index is 10.2. The van der Waals surface area contributed by atoms with E-state index in [4.69, 9.17) is 18.9 Å². The van der Waals surface area contributed by atoms with Crippen molar-refractivity contribution < 1.29 is 4.92 Å². The average Bonchev–Trinajstić information content (AvgIpc) is 2.48. The second-order valence-electron chi connectivity index (χ2n) is 4.22. The zero-order valence-corrected chi connectivity index (χ0v) is 11.9. The number of nitro groups is 1. The summed E-state index contributed by atoms with van der Waals surface area (Å²) in [4.78, 5) is 23.4. The fraction of sp³-hybridized carbons (Fsp3) is 0.143. The standard InChI is InChI=1S/C7H5N3O2.C7H7N3/c1-5-3-6(10(11)12)4-9-7(5)8-2;1-5-3-6(8)4-10-7(5)9-2/h3-4H,1H3;3-4H,8H2,1H3. The number of nitrogen functional groups attached to an aromatic ring is 1. The van der Waals surface area contributed by atoms with E-state index in [9.17, 15) is 10.1 Å². The first-order valence-corrected chi connectivity index (χ1v) is 5.97. The highest BCUT2D eigenvalue weighted by Gasteiger charge is 2.10. The summed E-state index contributed by atoms with van der Waals surface area (Å²) in [6.07, 6.45) is 2.57. The molecule has 8 heteroatoms. The molecule has 2 aromatic heterocycles. The number of aromatic nitrogens is 2. The maximum Gasteiger partial charge on any atom is 0.309 e. The van der Waals surface area contributed by atoms with Crippen LogP contribution in [-0.2, 0) is 0 Å². The molecule has 0 bridgehead atoms. The highest BCUT2D eigenvalue weighted by molar-refractivity contribution is 5.51. The van der Waals surface area contributed by atoms with Gasteiger partial charge in [-0.1, -0.05) is 13.1 Å². The van der Waals surface area contributed by atoms with Crippen molar-refractivity contribution in [2.45, 2.75) is 13.8 Å². The minimum Gasteiger partial charge on any atom is -0.396 e. The van der Waals surface area contributed by atoms with Gasteiger partial charge in [0.1, 0.15) is 6.20 Å². The Morgan fingerprint density at radius 1 is 1.09 bits per heavy atom. The van der Waals surface area contributed by atoms with Crippen LogP contribution in [0.25, 0.3) is 9.69 Å². The lowest BCUT2D eigenvalue weighted by Crippen LogP contribution is -1.89. The van der Waals surface area contributed by atoms with Gasteiger partial charge < -0.3 is 15.4 Å². The van der Waals surface area contributed by atoms with E-state index in [0.717, 1.165) is 11.8 Å². The molecule has 0 saturated heterocycles. The average molecular weight is 296 g/mol. The van der Waals surface area contributed by atoms with Gasteiger partial charge in [-0.25, -0.2) is 0 Å². The van der Waals surface area contributed by atoms with E-state index in [1.165, 1.54) is 12.3 Å². The van der Waals surface area contributed by atoms with E-state index in [2.05, 4.69) is 19.7 Å². The van der Waals surface area contributed by atoms with Crippen LogP contribution >= 0.6 is 0 Å². The molecule has 0 aromatic carbocycles. The first kappa shape index (κ1) is 16.5. The molecule has 0 aliphatic rings. The summed E-state index contributed by atoms with van der Waals surface area (Å²) in [7, 11) is 0. The largest absolute Gasteiger partial charge is 0.396 e. The van der Waals surface area contributed by atoms with Crippen molar-refractivity contribution >= 4 is 23.0 Å². The second kappa shape index (κ2) is 7.31. The summed E-state index contributed by atoms with van der Waals surface area (Å²) in [5.74, 6) is 0.634. The van der Waals surface area contributed by atoms with Crippen molar-refractivity contribution in [3.05, 3.63) is 68.6 Å². The van der Waals surface area contributed by atoms with Crippen LogP contribution in [0.5, 0.6) is 0 Å². The van der Waals surface area contributed by atoms with Crippen LogP contribution in [0.1, 0.15) is 11.1 Å². The van der Waals surface area contributed by atoms with Crippen molar-refractivity contribution in [3.63, 3.8) is 0 Å². The Balaban J connectivity index is 0.000000224. The van der Waals surface area contributed by atoms with E-state index < -0.39 is 4.92 Å². The zero-order valence-electron chi connectivity index (χ0n) is 11.9. The number of anilines is 1. The number of hydrogen-bond donors (Lipinski definition) is 1. The molecule has 0 saturated carbocycles. The van der Waals surface area contributed by atoms with Gasteiger partial charge in [0.05, 0.1) is 10.6 Å². The third kappa shape index (κ3) is 4.25. The van der Waals surface area contributed by atoms with Crippen LogP contribution in [0.3, 0.4) is 0 Å². The first-order chi connectivity index (χ1) is 10.4. The molecule has 8 nitrogen and oxygen atoms in total. The molecule has 0 fully saturated rings. The molecule has 0 spiro atoms. The van der Waals surface area contributed by atoms with Gasteiger partial charge >= 0.3 is 5.69 Å². The summed E-state index contributed by atoms with van der Waals surface area (Å²) in [5.41, 5.74) is 7.29. The summed E-state index contributed by atoms with van der Waals surface area (Å²) < 4.78 is 0. The second-order valence-corrected chi connectivity index (χ2v) is 4.22. The normalized spacial score (nSPS) is 8.91. The number of hydrogen-bond acceptors (Lipinski definition) is 5. The number of nitrogens with zero attached hydrogens (tertiary/aromatic N) is 5. The zero-order chi connectivity index (χ0) is 16.7. The van der Waals surface area contributed by atoms with Crippen molar-refractivity contribution in [2.75, 3.05) is 5.73 Å². The summed E-state index contributed by atoms with van der Waals surface area (Å²) in [6, 6.07) is 3.07. The number of nitrogens with two attached hydrogens (primary N) is 1. The van der Waals surface area contributed by atoms with E-state index in [-0.39, 0.29) is 11.5 Å². The van der Waals surface area contributed by atoms with Gasteiger partial charge in [-0.2, -0.15) is 0 Å². The Morgan fingerprint density at radius 2 is 1.59 bits per heavy atom. The molecule has 2 aromatic rings. The Kier molecular flexibility index (Phi) is 5.50. The molecule has 0 aliphatic carbocycles. The van der Waals surface area contributed by atoms with Crippen LogP contribution in [-0.4, -0.2) is 14.9 Å². The Morgan fingerprint density at radius 3 is 2.00 bits per heavy atom. The van der Waals surface area contributed by atoms with Crippen molar-refractivity contribution in [2.24, 2.45) is 0 Å². The predicted octanol–water partition coefficient (Wildman–Crippen LogP) is 3.37. The lowest BCUT2D eigenvalue weighted by Gasteiger charge is -1.94. The first-order valence-electron chi connectivity index (χ1n) is 5.97. The molecular formula is C14H12N6O2. The van der Waals surface area contributed by atoms with Gasteiger partial charge in [-0.3, -0.25) is 10.1 Å². The third-order valence-electron chi connectivity index (χ3n) is 2.53. The van der Waals surface area contributed by atoms with Gasteiger partial charge in [-0.15, -0.1) is 9.97 Å². The van der Waals surface area contributed by atoms with Crippen LogP contribution < -0.4 is 5.73 Å². The molecule has 0 unspecified atom stereocenters. The molecule has 2 N–H and O–H groups in total. The van der Waals surface area contributed by atoms with Crippen molar-refractivity contribution in [1.82, 2.24) is 9.97 Å². The molecule has 0 atom stereocenters. The number of rotatable bonds is 1. The molecule has 2 rings (SSSR count). The SMILES string of the molecule is [C-]#[N+]c1ncc(N)cc1C.[C-]#[N+]c1ncc([N+](=O)[O-])cc1C. The highest BCUT2D eigenvalue weighted by atomic mass is 16.6. The van der Waals surface area contributed by atoms with Crippen LogP contribution in [0.4, 0.5) is 23.0 Å². The minimum atomic E-state index is -0.534. The van der Waals surface area contributed by atoms with Crippen molar-refractivity contribution in [3.8, 4) is 0 Å². The summed E-state index contributed by atoms with van der Waals surface area (Å²) in [5, 5.41) is 10.2. The number of aryl methyl sites for hydroxylation is 2. The smallest absolute Gasteiger partial charge is 0.309 e. The Hall–Kier alpha value is -3.52. The van der Waals surface area contributed by atoms with Crippen LogP contribution in [0.15, 0.2) is 24.5 Å². The molecule has 0 aliphatic heterocycles. The minimum absolute atomic E-state index is 0.0834. The number of pyridine rings is 2. The molecular weight excluding hydrogens is 284 g/mol. The van der Waals surface area contributed by atoms with E-state index in [0.29, 0.717) is 17.1 Å². The Bertz CT molecular complexity index is 789. The van der Waals surface area contributed by atoms with Gasteiger partial charge in [0, 0.05) is 6.07 Å². The molecule has 0 amide bonds. The topological polar surface area (TPSA) is 104 Å². The van der Waals surface area contributed by atoms with Crippen LogP contribution in [0, 0.1) is 37.1 Å². The van der Waals surface area contributed by atoms with Gasteiger partial charge in [-0.05, 0) is 31.0 Å². The van der Waals surface area contributed by atoms with E-state index >= 15 is 0 Å². The van der Waals surface area contributed by atoms with Crippen LogP contribution in [0.2, 0.25) is 0 Å². The molecule has 22 heavy (non-hydrogen) atoms. The monoisotopic (exact) mass is 296 g/mol. The van der Waals surface area contributed by atoms with Gasteiger partial charge in [0.2, 0.25) is 0 Å².